The van der Waals surface area contributed by atoms with Crippen molar-refractivity contribution >= 4 is 11.6 Å². The number of terminal acetylenes is 1. The van der Waals surface area contributed by atoms with Crippen LogP contribution in [0.1, 0.15) is 18.0 Å². The Kier molecular flexibility index (Phi) is 3.90. The molecule has 0 bridgehead atoms. The van der Waals surface area contributed by atoms with Crippen LogP contribution in [0, 0.1) is 18.2 Å². The summed E-state index contributed by atoms with van der Waals surface area (Å²) in [5.41, 5.74) is 3.23. The normalized spacial score (nSPS) is 12.1. The van der Waals surface area contributed by atoms with E-state index in [0.29, 0.717) is 17.0 Å². The molecule has 4 heteroatoms. The molecule has 0 radical (unpaired) electrons. The van der Waals surface area contributed by atoms with E-state index in [4.69, 9.17) is 23.9 Å². The minimum Gasteiger partial charge on any atom is -0.271 e. The van der Waals surface area contributed by atoms with Crippen molar-refractivity contribution in [1.29, 1.82) is 0 Å². The predicted molar refractivity (Wildman–Crippen MR) is 54.9 cm³/mol. The lowest BCUT2D eigenvalue weighted by molar-refractivity contribution is 0.565. The smallest absolute Gasteiger partial charge is 0.124 e. The van der Waals surface area contributed by atoms with Gasteiger partial charge in [-0.2, -0.15) is 0 Å². The quantitative estimate of drug-likeness (QED) is 0.457. The van der Waals surface area contributed by atoms with Crippen molar-refractivity contribution in [2.75, 3.05) is 0 Å². The van der Waals surface area contributed by atoms with Crippen LogP contribution in [0.4, 0.5) is 4.39 Å². The predicted octanol–water partition coefficient (Wildman–Crippen LogP) is 2.01. The Morgan fingerprint density at radius 2 is 2.36 bits per heavy atom. The highest BCUT2D eigenvalue weighted by atomic mass is 35.5. The van der Waals surface area contributed by atoms with E-state index in [-0.39, 0.29) is 11.9 Å². The van der Waals surface area contributed by atoms with Crippen LogP contribution < -0.4 is 11.3 Å². The molecule has 1 aromatic rings. The number of halogens is 2. The van der Waals surface area contributed by atoms with Crippen molar-refractivity contribution in [3.05, 3.63) is 34.6 Å². The fourth-order valence-electron chi connectivity index (χ4n) is 1.16. The number of hydrazine groups is 1. The summed E-state index contributed by atoms with van der Waals surface area (Å²) < 4.78 is 12.7. The van der Waals surface area contributed by atoms with Gasteiger partial charge in [0.25, 0.3) is 0 Å². The Morgan fingerprint density at radius 3 is 2.86 bits per heavy atom. The number of nitrogens with two attached hydrogens (primary N) is 1. The lowest BCUT2D eigenvalue weighted by Gasteiger charge is -2.14. The number of nitrogens with one attached hydrogen (secondary N) is 1. The van der Waals surface area contributed by atoms with Crippen LogP contribution in [0.5, 0.6) is 0 Å². The molecule has 1 rings (SSSR count). The largest absolute Gasteiger partial charge is 0.271 e. The fraction of sp³-hybridized carbons (Fsp3) is 0.200. The molecule has 0 spiro atoms. The summed E-state index contributed by atoms with van der Waals surface area (Å²) in [5, 5.41) is 0.322. The molecule has 1 unspecified atom stereocenters. The van der Waals surface area contributed by atoms with Gasteiger partial charge in [0, 0.05) is 11.4 Å². The van der Waals surface area contributed by atoms with E-state index in [9.17, 15) is 4.39 Å². The van der Waals surface area contributed by atoms with Gasteiger partial charge in [-0.25, -0.2) is 4.39 Å². The second-order valence-electron chi connectivity index (χ2n) is 2.79. The van der Waals surface area contributed by atoms with Crippen LogP contribution in [0.25, 0.3) is 0 Å². The molecular formula is C10H10ClFN2. The monoisotopic (exact) mass is 212 g/mol. The van der Waals surface area contributed by atoms with Crippen molar-refractivity contribution in [2.45, 2.75) is 12.5 Å². The van der Waals surface area contributed by atoms with E-state index in [2.05, 4.69) is 11.3 Å². The summed E-state index contributed by atoms with van der Waals surface area (Å²) in [4.78, 5) is 0. The van der Waals surface area contributed by atoms with E-state index in [1.165, 1.54) is 12.1 Å². The first-order valence-corrected chi connectivity index (χ1v) is 4.41. The maximum Gasteiger partial charge on any atom is 0.124 e. The summed E-state index contributed by atoms with van der Waals surface area (Å²) >= 11 is 5.83. The molecule has 3 N–H and O–H groups in total. The number of hydrogen-bond acceptors (Lipinski definition) is 2. The number of rotatable bonds is 3. The second-order valence-corrected chi connectivity index (χ2v) is 3.20. The van der Waals surface area contributed by atoms with Crippen molar-refractivity contribution in [3.8, 4) is 12.3 Å². The highest BCUT2D eigenvalue weighted by molar-refractivity contribution is 6.31. The summed E-state index contributed by atoms with van der Waals surface area (Å²) in [7, 11) is 0. The molecular weight excluding hydrogens is 203 g/mol. The van der Waals surface area contributed by atoms with Crippen molar-refractivity contribution in [3.63, 3.8) is 0 Å². The highest BCUT2D eigenvalue weighted by Gasteiger charge is 2.12. The van der Waals surface area contributed by atoms with Gasteiger partial charge in [-0.15, -0.1) is 12.3 Å². The van der Waals surface area contributed by atoms with E-state index in [0.717, 1.165) is 0 Å². The molecule has 1 aromatic carbocycles. The molecule has 0 saturated heterocycles. The van der Waals surface area contributed by atoms with Gasteiger partial charge in [-0.3, -0.25) is 11.3 Å². The topological polar surface area (TPSA) is 38.0 Å². The average molecular weight is 213 g/mol. The zero-order valence-electron chi connectivity index (χ0n) is 7.43. The van der Waals surface area contributed by atoms with Crippen LogP contribution >= 0.6 is 11.6 Å². The van der Waals surface area contributed by atoms with Crippen LogP contribution in [0.3, 0.4) is 0 Å². The maximum atomic E-state index is 12.7. The molecule has 0 amide bonds. The highest BCUT2D eigenvalue weighted by Crippen LogP contribution is 2.25. The molecule has 0 aromatic heterocycles. The molecule has 2 nitrogen and oxygen atoms in total. The van der Waals surface area contributed by atoms with Crippen LogP contribution in [0.15, 0.2) is 18.2 Å². The summed E-state index contributed by atoms with van der Waals surface area (Å²) in [6, 6.07) is 3.88. The SMILES string of the molecule is C#CCC(NN)c1ccc(F)cc1Cl. The third kappa shape index (κ3) is 2.46. The zero-order chi connectivity index (χ0) is 10.6. The van der Waals surface area contributed by atoms with Crippen LogP contribution in [-0.4, -0.2) is 0 Å². The van der Waals surface area contributed by atoms with Gasteiger partial charge in [-0.05, 0) is 17.7 Å². The van der Waals surface area contributed by atoms with Crippen LogP contribution in [-0.2, 0) is 0 Å². The van der Waals surface area contributed by atoms with Crippen molar-refractivity contribution in [2.24, 2.45) is 5.84 Å². The van der Waals surface area contributed by atoms with Gasteiger partial charge in [-0.1, -0.05) is 17.7 Å². The molecule has 0 aliphatic rings. The van der Waals surface area contributed by atoms with Crippen molar-refractivity contribution in [1.82, 2.24) is 5.43 Å². The Morgan fingerprint density at radius 1 is 1.64 bits per heavy atom. The minimum absolute atomic E-state index is 0.243. The first-order valence-electron chi connectivity index (χ1n) is 4.03. The third-order valence-corrected chi connectivity index (χ3v) is 2.19. The summed E-state index contributed by atoms with van der Waals surface area (Å²) in [5.74, 6) is 7.38. The molecule has 0 saturated carbocycles. The minimum atomic E-state index is -0.379. The Balaban J connectivity index is 2.99. The van der Waals surface area contributed by atoms with Gasteiger partial charge in [0.05, 0.1) is 6.04 Å². The molecule has 14 heavy (non-hydrogen) atoms. The van der Waals surface area contributed by atoms with Gasteiger partial charge in [0.15, 0.2) is 0 Å². The Bertz CT molecular complexity index is 360. The zero-order valence-corrected chi connectivity index (χ0v) is 8.18. The Labute approximate surface area is 87.2 Å². The van der Waals surface area contributed by atoms with E-state index >= 15 is 0 Å². The number of benzene rings is 1. The van der Waals surface area contributed by atoms with E-state index in [1.54, 1.807) is 6.07 Å². The van der Waals surface area contributed by atoms with Gasteiger partial charge >= 0.3 is 0 Å². The molecule has 1 atom stereocenters. The average Bonchev–Trinajstić information content (AvgIpc) is 2.15. The first kappa shape index (κ1) is 11.0. The van der Waals surface area contributed by atoms with Gasteiger partial charge < -0.3 is 0 Å². The summed E-state index contributed by atoms with van der Waals surface area (Å²) in [6.07, 6.45) is 5.56. The standard InChI is InChI=1S/C10H10ClFN2/c1-2-3-10(14-13)8-5-4-7(12)6-9(8)11/h1,4-6,10,14H,3,13H2. The van der Waals surface area contributed by atoms with Crippen LogP contribution in [0.2, 0.25) is 5.02 Å². The van der Waals surface area contributed by atoms with Gasteiger partial charge in [0.2, 0.25) is 0 Å². The molecule has 0 heterocycles. The molecule has 0 aliphatic heterocycles. The summed E-state index contributed by atoms with van der Waals surface area (Å²) in [6.45, 7) is 0. The molecule has 0 aliphatic carbocycles. The molecule has 0 fully saturated rings. The first-order chi connectivity index (χ1) is 6.69. The number of hydrogen-bond donors (Lipinski definition) is 2. The lowest BCUT2D eigenvalue weighted by atomic mass is 10.0. The van der Waals surface area contributed by atoms with Crippen molar-refractivity contribution < 1.29 is 4.39 Å². The van der Waals surface area contributed by atoms with E-state index in [1.807, 2.05) is 0 Å². The second kappa shape index (κ2) is 4.97. The maximum absolute atomic E-state index is 12.7. The van der Waals surface area contributed by atoms with Gasteiger partial charge in [0.1, 0.15) is 5.82 Å². The van der Waals surface area contributed by atoms with E-state index < -0.39 is 0 Å². The fourth-order valence-corrected chi connectivity index (χ4v) is 1.46. The lowest BCUT2D eigenvalue weighted by Crippen LogP contribution is -2.27. The third-order valence-electron chi connectivity index (χ3n) is 1.86. The Hall–Kier alpha value is -1.08. The molecule has 74 valence electrons.